The minimum absolute atomic E-state index is 0.0760. The summed E-state index contributed by atoms with van der Waals surface area (Å²) in [4.78, 5) is -0.535. The molecule has 2 aromatic rings. The largest absolute Gasteiger partial charge is 0.457 e. The number of nitriles is 1. The highest BCUT2D eigenvalue weighted by Gasteiger charge is 2.47. The van der Waals surface area contributed by atoms with E-state index in [4.69, 9.17) is 10.00 Å². The number of halogens is 4. The first-order valence-electron chi connectivity index (χ1n) is 7.31. The van der Waals surface area contributed by atoms with Gasteiger partial charge >= 0.3 is 0 Å². The Bertz CT molecular complexity index is 1030. The van der Waals surface area contributed by atoms with E-state index in [1.54, 1.807) is 6.07 Å². The summed E-state index contributed by atoms with van der Waals surface area (Å²) in [6.07, 6.45) is -6.71. The van der Waals surface area contributed by atoms with Gasteiger partial charge in [0.2, 0.25) is 0 Å². The number of sulfone groups is 1. The third kappa shape index (κ3) is 3.01. The number of fused-ring (bicyclic) bond motifs is 1. The molecule has 0 bridgehead atoms. The molecule has 2 aromatic carbocycles. The number of benzene rings is 2. The van der Waals surface area contributed by atoms with Gasteiger partial charge in [0.05, 0.1) is 16.5 Å². The quantitative estimate of drug-likeness (QED) is 0.741. The summed E-state index contributed by atoms with van der Waals surface area (Å²) in [6, 6.07) is 6.73. The highest BCUT2D eigenvalue weighted by molar-refractivity contribution is 7.90. The van der Waals surface area contributed by atoms with E-state index < -0.39 is 50.2 Å². The lowest BCUT2D eigenvalue weighted by Gasteiger charge is -2.14. The molecule has 3 rings (SSSR count). The number of nitrogens with zero attached hydrogens (tertiary/aromatic N) is 1. The van der Waals surface area contributed by atoms with Gasteiger partial charge in [-0.1, -0.05) is 0 Å². The summed E-state index contributed by atoms with van der Waals surface area (Å²) in [5.74, 6) is -1.34. The molecule has 1 aliphatic rings. The molecule has 26 heavy (non-hydrogen) atoms. The van der Waals surface area contributed by atoms with E-state index in [1.165, 1.54) is 0 Å². The number of hydrogen-bond acceptors (Lipinski definition) is 4. The third-order valence-corrected chi connectivity index (χ3v) is 5.10. The van der Waals surface area contributed by atoms with Crippen LogP contribution in [0, 0.1) is 17.1 Å². The van der Waals surface area contributed by atoms with E-state index >= 15 is 0 Å². The third-order valence-electron chi connectivity index (χ3n) is 3.95. The van der Waals surface area contributed by atoms with E-state index in [-0.39, 0.29) is 17.1 Å². The van der Waals surface area contributed by atoms with Gasteiger partial charge in [-0.05, 0) is 24.3 Å². The van der Waals surface area contributed by atoms with Crippen LogP contribution < -0.4 is 4.74 Å². The number of alkyl halides is 3. The van der Waals surface area contributed by atoms with Crippen LogP contribution in [-0.2, 0) is 9.84 Å². The van der Waals surface area contributed by atoms with Gasteiger partial charge in [-0.15, -0.1) is 0 Å². The molecule has 3 atom stereocenters. The maximum Gasteiger partial charge on any atom is 0.175 e. The lowest BCUT2D eigenvalue weighted by atomic mass is 10.1. The van der Waals surface area contributed by atoms with Crippen LogP contribution in [0.2, 0.25) is 0 Å². The van der Waals surface area contributed by atoms with Crippen molar-refractivity contribution in [3.05, 3.63) is 52.8 Å². The Balaban J connectivity index is 2.17. The first kappa shape index (κ1) is 18.2. The van der Waals surface area contributed by atoms with E-state index in [2.05, 4.69) is 0 Å². The molecular weight excluding hydrogens is 374 g/mol. The molecule has 0 spiro atoms. The smallest absolute Gasteiger partial charge is 0.175 e. The Morgan fingerprint density at radius 2 is 1.73 bits per heavy atom. The zero-order chi connectivity index (χ0) is 19.2. The van der Waals surface area contributed by atoms with Crippen molar-refractivity contribution in [2.75, 3.05) is 6.26 Å². The summed E-state index contributed by atoms with van der Waals surface area (Å²) in [5, 5.41) is 8.85. The van der Waals surface area contributed by atoms with Gasteiger partial charge in [0.1, 0.15) is 17.3 Å². The summed E-state index contributed by atoms with van der Waals surface area (Å²) in [5.41, 5.74) is -1.29. The normalized spacial score (nSPS) is 21.9. The standard InChI is InChI=1S/C17H11F4NO3S/c1-26(23,24)12-3-2-11(13-14(12)16(20)17(21)15(13)19)25-10-5-8(7-22)4-9(18)6-10/h2-6,15-17H,1H3/t15-,16-,17-/m1/s1. The van der Waals surface area contributed by atoms with Crippen molar-refractivity contribution in [3.8, 4) is 17.6 Å². The minimum atomic E-state index is -3.95. The van der Waals surface area contributed by atoms with Crippen molar-refractivity contribution in [1.82, 2.24) is 0 Å². The minimum Gasteiger partial charge on any atom is -0.457 e. The van der Waals surface area contributed by atoms with Crippen molar-refractivity contribution >= 4 is 9.84 Å². The van der Waals surface area contributed by atoms with Crippen LogP contribution in [0.4, 0.5) is 17.6 Å². The van der Waals surface area contributed by atoms with E-state index in [1.807, 2.05) is 0 Å². The Morgan fingerprint density at radius 1 is 1.08 bits per heavy atom. The van der Waals surface area contributed by atoms with Crippen molar-refractivity contribution < 1.29 is 30.7 Å². The molecule has 0 unspecified atom stereocenters. The second-order valence-electron chi connectivity index (χ2n) is 5.80. The molecule has 0 aliphatic heterocycles. The summed E-state index contributed by atoms with van der Waals surface area (Å²) in [7, 11) is -3.95. The average molecular weight is 385 g/mol. The van der Waals surface area contributed by atoms with Gasteiger partial charge in [-0.2, -0.15) is 5.26 Å². The highest BCUT2D eigenvalue weighted by Crippen LogP contribution is 2.52. The number of rotatable bonds is 3. The second-order valence-corrected chi connectivity index (χ2v) is 7.78. The second kappa shape index (κ2) is 6.29. The molecule has 9 heteroatoms. The summed E-state index contributed by atoms with van der Waals surface area (Å²) < 4.78 is 84.8. The van der Waals surface area contributed by atoms with Crippen LogP contribution in [0.1, 0.15) is 29.0 Å². The zero-order valence-electron chi connectivity index (χ0n) is 13.2. The zero-order valence-corrected chi connectivity index (χ0v) is 14.0. The van der Waals surface area contributed by atoms with Gasteiger partial charge in [0.15, 0.2) is 28.4 Å². The topological polar surface area (TPSA) is 67.2 Å². The maximum absolute atomic E-state index is 14.3. The fourth-order valence-corrected chi connectivity index (χ4v) is 3.79. The first-order chi connectivity index (χ1) is 12.1. The molecule has 136 valence electrons. The van der Waals surface area contributed by atoms with Gasteiger partial charge in [0.25, 0.3) is 0 Å². The predicted molar refractivity (Wildman–Crippen MR) is 83.3 cm³/mol. The molecule has 0 aromatic heterocycles. The van der Waals surface area contributed by atoms with Crippen molar-refractivity contribution in [3.63, 3.8) is 0 Å². The molecule has 0 fully saturated rings. The van der Waals surface area contributed by atoms with E-state index in [9.17, 15) is 26.0 Å². The van der Waals surface area contributed by atoms with Crippen molar-refractivity contribution in [2.45, 2.75) is 23.4 Å². The Labute approximate surface area is 146 Å². The Kier molecular flexibility index (Phi) is 4.40. The van der Waals surface area contributed by atoms with E-state index in [0.717, 1.165) is 36.6 Å². The van der Waals surface area contributed by atoms with Gasteiger partial charge < -0.3 is 4.74 Å². The van der Waals surface area contributed by atoms with E-state index in [0.29, 0.717) is 0 Å². The number of ether oxygens (including phenoxy) is 1. The van der Waals surface area contributed by atoms with Crippen LogP contribution in [0.15, 0.2) is 35.2 Å². The average Bonchev–Trinajstić information content (AvgIpc) is 2.79. The van der Waals surface area contributed by atoms with Gasteiger partial charge in [0, 0.05) is 23.4 Å². The summed E-state index contributed by atoms with van der Waals surface area (Å²) >= 11 is 0. The van der Waals surface area contributed by atoms with Crippen LogP contribution in [0.3, 0.4) is 0 Å². The first-order valence-corrected chi connectivity index (χ1v) is 9.20. The fourth-order valence-electron chi connectivity index (χ4n) is 2.86. The van der Waals surface area contributed by atoms with Crippen molar-refractivity contribution in [2.24, 2.45) is 0 Å². The molecule has 0 heterocycles. The van der Waals surface area contributed by atoms with Gasteiger partial charge in [-0.25, -0.2) is 26.0 Å². The molecule has 4 nitrogen and oxygen atoms in total. The molecule has 0 saturated carbocycles. The van der Waals surface area contributed by atoms with Crippen LogP contribution in [0.25, 0.3) is 0 Å². The van der Waals surface area contributed by atoms with Crippen molar-refractivity contribution in [1.29, 1.82) is 5.26 Å². The Morgan fingerprint density at radius 3 is 2.35 bits per heavy atom. The molecule has 0 amide bonds. The molecule has 0 radical (unpaired) electrons. The molecular formula is C17H11F4NO3S. The molecule has 0 N–H and O–H groups in total. The summed E-state index contributed by atoms with van der Waals surface area (Å²) in [6.45, 7) is 0. The monoisotopic (exact) mass is 385 g/mol. The maximum atomic E-state index is 14.3. The fraction of sp³-hybridized carbons (Fsp3) is 0.235. The SMILES string of the molecule is CS(=O)(=O)c1ccc(Oc2cc(F)cc(C#N)c2)c2c1[C@@H](F)[C@H](F)[C@@H]2F. The van der Waals surface area contributed by atoms with Gasteiger partial charge in [-0.3, -0.25) is 0 Å². The number of hydrogen-bond donors (Lipinski definition) is 0. The molecule has 1 aliphatic carbocycles. The highest BCUT2D eigenvalue weighted by atomic mass is 32.2. The molecule has 0 saturated heterocycles. The lowest BCUT2D eigenvalue weighted by molar-refractivity contribution is 0.105. The Hall–Kier alpha value is -2.60. The predicted octanol–water partition coefficient (Wildman–Crippen LogP) is 4.27. The lowest BCUT2D eigenvalue weighted by Crippen LogP contribution is -2.07. The van der Waals surface area contributed by atoms with Crippen LogP contribution in [-0.4, -0.2) is 20.8 Å². The van der Waals surface area contributed by atoms with Crippen LogP contribution in [0.5, 0.6) is 11.5 Å². The van der Waals surface area contributed by atoms with Crippen LogP contribution >= 0.6 is 0 Å².